The van der Waals surface area contributed by atoms with Crippen LogP contribution >= 0.6 is 11.3 Å². The second kappa shape index (κ2) is 11.5. The fraction of sp³-hybridized carbons (Fsp3) is 0.583. The molecule has 10 heteroatoms. The Bertz CT molecular complexity index is 1150. The molecule has 0 spiro atoms. The number of H-pyrrole nitrogens is 1. The second-order valence-electron chi connectivity index (χ2n) is 8.70. The molecule has 0 saturated carbocycles. The lowest BCUT2D eigenvalue weighted by Gasteiger charge is -2.24. The van der Waals surface area contributed by atoms with Gasteiger partial charge in [0.25, 0.3) is 11.5 Å². The highest BCUT2D eigenvalue weighted by Crippen LogP contribution is 2.33. The zero-order chi connectivity index (χ0) is 24.8. The Labute approximate surface area is 202 Å². The number of rotatable bonds is 10. The van der Waals surface area contributed by atoms with Gasteiger partial charge in [0, 0.05) is 18.0 Å². The molecule has 1 atom stereocenters. The third-order valence-corrected chi connectivity index (χ3v) is 7.47. The van der Waals surface area contributed by atoms with Crippen LogP contribution in [-0.2, 0) is 28.9 Å². The summed E-state index contributed by atoms with van der Waals surface area (Å²) in [5.41, 5.74) is 5.91. The van der Waals surface area contributed by atoms with Crippen molar-refractivity contribution in [3.05, 3.63) is 42.2 Å². The van der Waals surface area contributed by atoms with E-state index in [2.05, 4.69) is 11.9 Å². The first kappa shape index (κ1) is 25.7. The van der Waals surface area contributed by atoms with E-state index in [1.54, 1.807) is 0 Å². The van der Waals surface area contributed by atoms with Crippen molar-refractivity contribution < 1.29 is 14.3 Å². The monoisotopic (exact) mass is 490 g/mol. The molecule has 9 nitrogen and oxygen atoms in total. The number of ether oxygens (including phenoxy) is 1. The van der Waals surface area contributed by atoms with Gasteiger partial charge in [0.2, 0.25) is 0 Å². The molecule has 0 bridgehead atoms. The average Bonchev–Trinajstić information content (AvgIpc) is 3.25. The van der Waals surface area contributed by atoms with Gasteiger partial charge >= 0.3 is 11.7 Å². The Hall–Kier alpha value is -2.88. The molecule has 3 N–H and O–H groups in total. The molecule has 2 aromatic heterocycles. The maximum Gasteiger partial charge on any atom is 0.348 e. The SMILES string of the molecule is CCCCN(C(=O)COC(=O)c1cc2c(s1)CCC(CC)C2)c1c(N)n(CCC)c(=O)[nH]c1=O. The lowest BCUT2D eigenvalue weighted by molar-refractivity contribution is -0.121. The minimum atomic E-state index is -0.734. The first-order valence-corrected chi connectivity index (χ1v) is 12.8. The molecule has 0 aromatic carbocycles. The molecule has 0 fully saturated rings. The summed E-state index contributed by atoms with van der Waals surface area (Å²) in [6, 6.07) is 1.88. The molecule has 1 aliphatic carbocycles. The summed E-state index contributed by atoms with van der Waals surface area (Å²) in [7, 11) is 0. The number of carbonyl (C=O) groups is 2. The highest BCUT2D eigenvalue weighted by Gasteiger charge is 2.26. The van der Waals surface area contributed by atoms with Crippen molar-refractivity contribution in [2.24, 2.45) is 5.92 Å². The van der Waals surface area contributed by atoms with E-state index >= 15 is 0 Å². The summed E-state index contributed by atoms with van der Waals surface area (Å²) in [6.07, 6.45) is 6.18. The van der Waals surface area contributed by atoms with Crippen LogP contribution in [0.15, 0.2) is 15.7 Å². The number of nitrogens with zero attached hydrogens (tertiary/aromatic N) is 2. The zero-order valence-electron chi connectivity index (χ0n) is 20.1. The van der Waals surface area contributed by atoms with Gasteiger partial charge in [0.1, 0.15) is 10.7 Å². The molecule has 0 radical (unpaired) electrons. The summed E-state index contributed by atoms with van der Waals surface area (Å²) in [5, 5.41) is 0. The summed E-state index contributed by atoms with van der Waals surface area (Å²) in [5.74, 6) is -0.538. The molecule has 3 rings (SSSR count). The van der Waals surface area contributed by atoms with Crippen molar-refractivity contribution in [2.45, 2.75) is 72.3 Å². The van der Waals surface area contributed by atoms with E-state index < -0.39 is 29.7 Å². The van der Waals surface area contributed by atoms with Crippen molar-refractivity contribution in [3.8, 4) is 0 Å². The number of nitrogens with two attached hydrogens (primary N) is 1. The largest absolute Gasteiger partial charge is 0.451 e. The summed E-state index contributed by atoms with van der Waals surface area (Å²) in [4.78, 5) is 55.7. The number of esters is 1. The first-order valence-electron chi connectivity index (χ1n) is 12.0. The van der Waals surface area contributed by atoms with Crippen molar-refractivity contribution in [3.63, 3.8) is 0 Å². The number of unbranched alkanes of at least 4 members (excludes halogenated alkanes) is 1. The van der Waals surface area contributed by atoms with Crippen molar-refractivity contribution in [2.75, 3.05) is 23.8 Å². The number of fused-ring (bicyclic) bond motifs is 1. The van der Waals surface area contributed by atoms with E-state index in [0.29, 0.717) is 30.2 Å². The van der Waals surface area contributed by atoms with Crippen LogP contribution in [0.2, 0.25) is 0 Å². The Kier molecular flexibility index (Phi) is 8.71. The number of thiophene rings is 1. The Balaban J connectivity index is 1.78. The predicted molar refractivity (Wildman–Crippen MR) is 134 cm³/mol. The van der Waals surface area contributed by atoms with Gasteiger partial charge in [0.15, 0.2) is 12.3 Å². The number of amides is 1. The van der Waals surface area contributed by atoms with Crippen molar-refractivity contribution in [1.29, 1.82) is 0 Å². The molecule has 0 saturated heterocycles. The Morgan fingerprint density at radius 2 is 2.03 bits per heavy atom. The Morgan fingerprint density at radius 3 is 2.71 bits per heavy atom. The molecular formula is C24H34N4O5S. The van der Waals surface area contributed by atoms with Crippen molar-refractivity contribution >= 4 is 34.7 Å². The number of carbonyl (C=O) groups excluding carboxylic acids is 2. The molecule has 2 aromatic rings. The second-order valence-corrected chi connectivity index (χ2v) is 9.83. The van der Waals surface area contributed by atoms with E-state index in [4.69, 9.17) is 10.5 Å². The highest BCUT2D eigenvalue weighted by molar-refractivity contribution is 7.14. The van der Waals surface area contributed by atoms with Crippen LogP contribution in [0.3, 0.4) is 0 Å². The Morgan fingerprint density at radius 1 is 1.26 bits per heavy atom. The quantitative estimate of drug-likeness (QED) is 0.493. The maximum absolute atomic E-state index is 13.1. The molecular weight excluding hydrogens is 456 g/mol. The van der Waals surface area contributed by atoms with E-state index in [9.17, 15) is 19.2 Å². The van der Waals surface area contributed by atoms with Crippen LogP contribution in [-0.4, -0.2) is 34.6 Å². The van der Waals surface area contributed by atoms with Crippen LogP contribution in [0.4, 0.5) is 11.5 Å². The van der Waals surface area contributed by atoms with Gasteiger partial charge in [-0.3, -0.25) is 19.1 Å². The number of hydrogen-bond acceptors (Lipinski definition) is 7. The number of anilines is 2. The van der Waals surface area contributed by atoms with E-state index in [1.165, 1.54) is 31.2 Å². The van der Waals surface area contributed by atoms with Crippen LogP contribution < -0.4 is 21.9 Å². The van der Waals surface area contributed by atoms with Gasteiger partial charge < -0.3 is 15.4 Å². The smallest absolute Gasteiger partial charge is 0.348 e. The number of aromatic amines is 1. The lowest BCUT2D eigenvalue weighted by Crippen LogP contribution is -2.43. The van der Waals surface area contributed by atoms with Gasteiger partial charge in [-0.25, -0.2) is 9.59 Å². The molecule has 1 aliphatic rings. The van der Waals surface area contributed by atoms with Crippen LogP contribution in [0.5, 0.6) is 0 Å². The van der Waals surface area contributed by atoms with E-state index in [-0.39, 0.29) is 18.1 Å². The first-order chi connectivity index (χ1) is 16.3. The minimum Gasteiger partial charge on any atom is -0.451 e. The van der Waals surface area contributed by atoms with Gasteiger partial charge in [-0.05, 0) is 49.7 Å². The summed E-state index contributed by atoms with van der Waals surface area (Å²) in [6.45, 7) is 6.02. The lowest BCUT2D eigenvalue weighted by atomic mass is 9.87. The standard InChI is InChI=1S/C24H34N4O5S/c1-4-7-11-27(20-21(25)28(10-5-2)24(32)26-22(20)30)19(29)14-33-23(31)18-13-16-12-15(6-3)8-9-17(16)34-18/h13,15H,4-12,14,25H2,1-3H3,(H,26,30,32). The van der Waals surface area contributed by atoms with Gasteiger partial charge in [0.05, 0.1) is 0 Å². The number of hydrogen-bond donors (Lipinski definition) is 2. The molecule has 186 valence electrons. The zero-order valence-corrected chi connectivity index (χ0v) is 21.0. The summed E-state index contributed by atoms with van der Waals surface area (Å²) >= 11 is 1.43. The number of nitrogen functional groups attached to an aromatic ring is 1. The number of nitrogens with one attached hydrogen (secondary N) is 1. The van der Waals surface area contributed by atoms with Gasteiger partial charge in [-0.1, -0.05) is 33.6 Å². The third-order valence-electron chi connectivity index (χ3n) is 6.26. The van der Waals surface area contributed by atoms with Crippen LogP contribution in [0.25, 0.3) is 0 Å². The molecule has 0 aliphatic heterocycles. The third kappa shape index (κ3) is 5.60. The predicted octanol–water partition coefficient (Wildman–Crippen LogP) is 3.10. The fourth-order valence-corrected chi connectivity index (χ4v) is 5.39. The molecule has 34 heavy (non-hydrogen) atoms. The molecule has 1 unspecified atom stereocenters. The van der Waals surface area contributed by atoms with Gasteiger partial charge in [-0.2, -0.15) is 0 Å². The summed E-state index contributed by atoms with van der Waals surface area (Å²) < 4.78 is 6.59. The number of aryl methyl sites for hydroxylation is 1. The molecule has 2 heterocycles. The van der Waals surface area contributed by atoms with E-state index in [1.807, 2.05) is 19.9 Å². The van der Waals surface area contributed by atoms with Crippen LogP contribution in [0.1, 0.15) is 73.0 Å². The number of aromatic nitrogens is 2. The normalized spacial score (nSPS) is 15.1. The molecule has 1 amide bonds. The van der Waals surface area contributed by atoms with E-state index in [0.717, 1.165) is 32.1 Å². The topological polar surface area (TPSA) is 127 Å². The highest BCUT2D eigenvalue weighted by atomic mass is 32.1. The van der Waals surface area contributed by atoms with Gasteiger partial charge in [-0.15, -0.1) is 11.3 Å². The minimum absolute atomic E-state index is 0.0669. The average molecular weight is 491 g/mol. The van der Waals surface area contributed by atoms with Crippen molar-refractivity contribution in [1.82, 2.24) is 9.55 Å². The maximum atomic E-state index is 13.1. The fourth-order valence-electron chi connectivity index (χ4n) is 4.29. The van der Waals surface area contributed by atoms with Crippen LogP contribution in [0, 0.1) is 5.92 Å².